The monoisotopic (exact) mass is 222 g/mol. The van der Waals surface area contributed by atoms with Crippen LogP contribution in [0.5, 0.6) is 0 Å². The molecule has 94 valence electrons. The molecule has 2 fully saturated rings. The van der Waals surface area contributed by atoms with Gasteiger partial charge >= 0.3 is 0 Å². The van der Waals surface area contributed by atoms with E-state index in [1.165, 1.54) is 44.9 Å². The zero-order valence-electron chi connectivity index (χ0n) is 11.4. The number of hydrogen-bond acceptors (Lipinski definition) is 0. The number of hydrogen-bond donors (Lipinski definition) is 0. The Morgan fingerprint density at radius 3 is 1.62 bits per heavy atom. The van der Waals surface area contributed by atoms with Crippen molar-refractivity contribution in [2.75, 3.05) is 0 Å². The Morgan fingerprint density at radius 1 is 0.688 bits per heavy atom. The summed E-state index contributed by atoms with van der Waals surface area (Å²) in [7, 11) is 0. The van der Waals surface area contributed by atoms with Gasteiger partial charge in [-0.2, -0.15) is 0 Å². The third kappa shape index (κ3) is 3.50. The largest absolute Gasteiger partial charge is 0.0651 e. The summed E-state index contributed by atoms with van der Waals surface area (Å²) >= 11 is 0. The highest BCUT2D eigenvalue weighted by atomic mass is 14.3. The molecular weight excluding hydrogens is 192 g/mol. The van der Waals surface area contributed by atoms with Crippen molar-refractivity contribution in [1.29, 1.82) is 0 Å². The smallest absolute Gasteiger partial charge is 0.0411 e. The first-order chi connectivity index (χ1) is 7.78. The Hall–Kier alpha value is 0. The molecule has 0 unspecified atom stereocenters. The van der Waals surface area contributed by atoms with Gasteiger partial charge in [-0.3, -0.25) is 0 Å². The Kier molecular flexibility index (Phi) is 4.73. The van der Waals surface area contributed by atoms with E-state index in [2.05, 4.69) is 13.8 Å². The van der Waals surface area contributed by atoms with E-state index in [-0.39, 0.29) is 0 Å². The molecule has 0 aromatic rings. The highest BCUT2D eigenvalue weighted by Gasteiger charge is 2.25. The summed E-state index contributed by atoms with van der Waals surface area (Å²) in [6.07, 6.45) is 15.2. The minimum atomic E-state index is 1.02. The molecule has 2 saturated carbocycles. The van der Waals surface area contributed by atoms with Crippen LogP contribution in [0.3, 0.4) is 0 Å². The van der Waals surface area contributed by atoms with Crippen LogP contribution >= 0.6 is 0 Å². The van der Waals surface area contributed by atoms with Crippen molar-refractivity contribution >= 4 is 0 Å². The molecular formula is C16H30. The summed E-state index contributed by atoms with van der Waals surface area (Å²) in [5.41, 5.74) is 0. The van der Waals surface area contributed by atoms with Gasteiger partial charge in [0.05, 0.1) is 0 Å². The van der Waals surface area contributed by atoms with Gasteiger partial charge in [-0.15, -0.1) is 0 Å². The molecule has 2 rings (SSSR count). The van der Waals surface area contributed by atoms with Crippen LogP contribution in [-0.4, -0.2) is 0 Å². The van der Waals surface area contributed by atoms with E-state index in [4.69, 9.17) is 0 Å². The van der Waals surface area contributed by atoms with Crippen LogP contribution in [0.2, 0.25) is 0 Å². The highest BCUT2D eigenvalue weighted by Crippen LogP contribution is 2.38. The van der Waals surface area contributed by atoms with E-state index in [1.807, 2.05) is 0 Å². The molecule has 0 saturated heterocycles. The van der Waals surface area contributed by atoms with Crippen LogP contribution in [0.1, 0.15) is 78.1 Å². The second-order valence-corrected chi connectivity index (χ2v) is 6.66. The fraction of sp³-hybridized carbons (Fsp3) is 1.00. The maximum atomic E-state index is 2.43. The second-order valence-electron chi connectivity index (χ2n) is 6.66. The maximum absolute atomic E-state index is 2.43. The fourth-order valence-corrected chi connectivity index (χ4v) is 3.91. The van der Waals surface area contributed by atoms with Crippen molar-refractivity contribution in [3.8, 4) is 0 Å². The SMILES string of the molecule is CCC1CCC(CC2CCC(C)CC2)CC1. The minimum absolute atomic E-state index is 1.02. The van der Waals surface area contributed by atoms with Gasteiger partial charge in [0.15, 0.2) is 0 Å². The molecule has 0 N–H and O–H groups in total. The fourth-order valence-electron chi connectivity index (χ4n) is 3.91. The minimum Gasteiger partial charge on any atom is -0.0651 e. The van der Waals surface area contributed by atoms with Crippen LogP contribution in [0.25, 0.3) is 0 Å². The van der Waals surface area contributed by atoms with E-state index in [0.717, 1.165) is 23.7 Å². The lowest BCUT2D eigenvalue weighted by atomic mass is 9.73. The van der Waals surface area contributed by atoms with Gasteiger partial charge in [-0.05, 0) is 30.1 Å². The lowest BCUT2D eigenvalue weighted by Gasteiger charge is -2.33. The molecule has 0 nitrogen and oxygen atoms in total. The first kappa shape index (κ1) is 12.5. The summed E-state index contributed by atoms with van der Waals surface area (Å²) in [4.78, 5) is 0. The lowest BCUT2D eigenvalue weighted by Crippen LogP contribution is -2.20. The lowest BCUT2D eigenvalue weighted by molar-refractivity contribution is 0.194. The van der Waals surface area contributed by atoms with E-state index >= 15 is 0 Å². The van der Waals surface area contributed by atoms with Crippen molar-refractivity contribution in [1.82, 2.24) is 0 Å². The van der Waals surface area contributed by atoms with Crippen LogP contribution < -0.4 is 0 Å². The summed E-state index contributed by atoms with van der Waals surface area (Å²) in [5.74, 6) is 4.29. The Balaban J connectivity index is 1.66. The molecule has 2 aliphatic carbocycles. The Bertz CT molecular complexity index is 180. The summed E-state index contributed by atoms with van der Waals surface area (Å²) < 4.78 is 0. The molecule has 0 amide bonds. The molecule has 0 bridgehead atoms. The van der Waals surface area contributed by atoms with Crippen LogP contribution in [-0.2, 0) is 0 Å². The third-order valence-corrected chi connectivity index (χ3v) is 5.35. The zero-order valence-corrected chi connectivity index (χ0v) is 11.4. The average molecular weight is 222 g/mol. The Labute approximate surface area is 102 Å². The number of rotatable bonds is 3. The molecule has 0 heteroatoms. The summed E-state index contributed by atoms with van der Waals surface area (Å²) in [5, 5.41) is 0. The molecule has 0 atom stereocenters. The maximum Gasteiger partial charge on any atom is -0.0411 e. The summed E-state index contributed by atoms with van der Waals surface area (Å²) in [6.45, 7) is 4.80. The van der Waals surface area contributed by atoms with Gasteiger partial charge in [0.2, 0.25) is 0 Å². The quantitative estimate of drug-likeness (QED) is 0.598. The average Bonchev–Trinajstić information content (AvgIpc) is 2.33. The topological polar surface area (TPSA) is 0 Å². The molecule has 0 radical (unpaired) electrons. The van der Waals surface area contributed by atoms with Crippen molar-refractivity contribution < 1.29 is 0 Å². The predicted octanol–water partition coefficient (Wildman–Crippen LogP) is 5.42. The van der Waals surface area contributed by atoms with Crippen LogP contribution in [0.15, 0.2) is 0 Å². The molecule has 0 aromatic carbocycles. The molecule has 0 heterocycles. The molecule has 0 aliphatic heterocycles. The first-order valence-electron chi connectivity index (χ1n) is 7.78. The van der Waals surface area contributed by atoms with E-state index in [1.54, 1.807) is 19.3 Å². The van der Waals surface area contributed by atoms with Crippen LogP contribution in [0.4, 0.5) is 0 Å². The summed E-state index contributed by atoms with van der Waals surface area (Å²) in [6, 6.07) is 0. The molecule has 0 aromatic heterocycles. The predicted molar refractivity (Wildman–Crippen MR) is 71.5 cm³/mol. The molecule has 16 heavy (non-hydrogen) atoms. The van der Waals surface area contributed by atoms with Gasteiger partial charge in [-0.25, -0.2) is 0 Å². The van der Waals surface area contributed by atoms with Gasteiger partial charge in [0, 0.05) is 0 Å². The van der Waals surface area contributed by atoms with Gasteiger partial charge in [0.25, 0.3) is 0 Å². The van der Waals surface area contributed by atoms with Crippen molar-refractivity contribution in [2.45, 2.75) is 78.1 Å². The molecule has 2 aliphatic rings. The standard InChI is InChI=1S/C16H30/c1-3-14-8-10-16(11-9-14)12-15-6-4-13(2)5-7-15/h13-16H,3-12H2,1-2H3. The molecule has 0 spiro atoms. The van der Waals surface area contributed by atoms with E-state index in [9.17, 15) is 0 Å². The van der Waals surface area contributed by atoms with E-state index < -0.39 is 0 Å². The Morgan fingerprint density at radius 2 is 1.12 bits per heavy atom. The van der Waals surface area contributed by atoms with Crippen molar-refractivity contribution in [3.05, 3.63) is 0 Å². The highest BCUT2D eigenvalue weighted by molar-refractivity contribution is 4.77. The van der Waals surface area contributed by atoms with E-state index in [0.29, 0.717) is 0 Å². The van der Waals surface area contributed by atoms with Gasteiger partial charge in [-0.1, -0.05) is 71.6 Å². The zero-order chi connectivity index (χ0) is 11.4. The normalized spacial score (nSPS) is 40.9. The second kappa shape index (κ2) is 6.07. The van der Waals surface area contributed by atoms with Crippen molar-refractivity contribution in [2.24, 2.45) is 23.7 Å². The van der Waals surface area contributed by atoms with Crippen molar-refractivity contribution in [3.63, 3.8) is 0 Å². The van der Waals surface area contributed by atoms with Gasteiger partial charge < -0.3 is 0 Å². The first-order valence-corrected chi connectivity index (χ1v) is 7.78. The third-order valence-electron chi connectivity index (χ3n) is 5.35. The van der Waals surface area contributed by atoms with Gasteiger partial charge in [0.1, 0.15) is 0 Å². The van der Waals surface area contributed by atoms with Crippen LogP contribution in [0, 0.1) is 23.7 Å².